The van der Waals surface area contributed by atoms with Crippen LogP contribution >= 0.6 is 0 Å². The number of carbonyl (C=O) groups is 1. The van der Waals surface area contributed by atoms with Gasteiger partial charge in [-0.2, -0.15) is 0 Å². The normalized spacial score (nSPS) is 21.9. The third-order valence-electron chi connectivity index (χ3n) is 9.47. The van der Waals surface area contributed by atoms with Crippen LogP contribution in [0.5, 0.6) is 5.75 Å². The number of rotatable bonds is 5. The molecule has 5 aromatic rings. The number of ether oxygens (including phenoxy) is 1. The molecular weight excluding hydrogens is 522 g/mol. The summed E-state index contributed by atoms with van der Waals surface area (Å²) in [5.74, 6) is 2.07. The molecule has 6 heteroatoms. The highest BCUT2D eigenvalue weighted by Gasteiger charge is 2.47. The topological polar surface area (TPSA) is 84.3 Å². The average molecular weight is 560 g/mol. The van der Waals surface area contributed by atoms with Crippen LogP contribution in [0.25, 0.3) is 32.8 Å². The molecular formula is C36H37N3O3. The van der Waals surface area contributed by atoms with Crippen molar-refractivity contribution in [2.75, 3.05) is 6.61 Å². The Morgan fingerprint density at radius 3 is 2.50 bits per heavy atom. The maximum Gasteiger partial charge on any atom is 0.251 e. The van der Waals surface area contributed by atoms with E-state index in [2.05, 4.69) is 44.3 Å². The van der Waals surface area contributed by atoms with Crippen molar-refractivity contribution in [1.82, 2.24) is 15.3 Å². The second-order valence-corrected chi connectivity index (χ2v) is 12.8. The molecule has 1 aromatic heterocycles. The number of fused-ring (bicyclic) bond motifs is 9. The van der Waals surface area contributed by atoms with Gasteiger partial charge in [0.05, 0.1) is 34.7 Å². The molecule has 4 aromatic carbocycles. The molecule has 0 radical (unpaired) electrons. The minimum absolute atomic E-state index is 0.144. The Bertz CT molecular complexity index is 1820. The Kier molecular flexibility index (Phi) is 6.62. The van der Waals surface area contributed by atoms with Crippen molar-refractivity contribution < 1.29 is 14.6 Å². The third-order valence-corrected chi connectivity index (χ3v) is 9.47. The lowest BCUT2D eigenvalue weighted by Crippen LogP contribution is -2.46. The van der Waals surface area contributed by atoms with Crippen molar-refractivity contribution in [3.63, 3.8) is 0 Å². The molecule has 1 aliphatic carbocycles. The van der Waals surface area contributed by atoms with Crippen LogP contribution in [0.3, 0.4) is 0 Å². The van der Waals surface area contributed by atoms with Crippen LogP contribution in [0.15, 0.2) is 72.8 Å². The van der Waals surface area contributed by atoms with Gasteiger partial charge in [0.1, 0.15) is 11.4 Å². The molecule has 2 N–H and O–H groups in total. The average Bonchev–Trinajstić information content (AvgIpc) is 2.99. The van der Waals surface area contributed by atoms with Gasteiger partial charge >= 0.3 is 0 Å². The van der Waals surface area contributed by atoms with Crippen molar-refractivity contribution in [1.29, 1.82) is 0 Å². The van der Waals surface area contributed by atoms with Gasteiger partial charge in [0.15, 0.2) is 0 Å². The van der Waals surface area contributed by atoms with Gasteiger partial charge in [-0.15, -0.1) is 0 Å². The molecule has 0 saturated heterocycles. The van der Waals surface area contributed by atoms with Crippen molar-refractivity contribution >= 4 is 38.7 Å². The van der Waals surface area contributed by atoms with Gasteiger partial charge in [-0.3, -0.25) is 4.79 Å². The summed E-state index contributed by atoms with van der Waals surface area (Å²) < 4.78 is 6.87. The van der Waals surface area contributed by atoms with Crippen LogP contribution in [0, 0.1) is 11.8 Å². The molecule has 0 unspecified atom stereocenters. The number of carbonyl (C=O) groups excluding carboxylic acids is 1. The van der Waals surface area contributed by atoms with Gasteiger partial charge in [-0.1, -0.05) is 67.9 Å². The summed E-state index contributed by atoms with van der Waals surface area (Å²) in [6.45, 7) is 6.67. The molecule has 1 amide bonds. The lowest BCUT2D eigenvalue weighted by Gasteiger charge is -2.49. The number of nitrogens with one attached hydrogen (secondary N) is 1. The molecule has 2 heterocycles. The van der Waals surface area contributed by atoms with Crippen LogP contribution < -0.4 is 10.1 Å². The molecule has 0 bridgehead atoms. The summed E-state index contributed by atoms with van der Waals surface area (Å²) in [5.41, 5.74) is 5.66. The largest absolute Gasteiger partial charge is 0.487 e. The van der Waals surface area contributed by atoms with Crippen LogP contribution in [-0.4, -0.2) is 39.2 Å². The zero-order valence-corrected chi connectivity index (χ0v) is 24.4. The van der Waals surface area contributed by atoms with Crippen molar-refractivity contribution in [2.45, 2.75) is 64.0 Å². The number of aliphatic hydroxyl groups is 1. The number of amides is 1. The highest BCUT2D eigenvalue weighted by molar-refractivity contribution is 6.11. The Hall–Kier alpha value is -4.03. The Balaban J connectivity index is 1.34. The standard InChI is InChI=1S/C36H37N3O3/c1-21-13-15-28-27(17-21)31-33-32(25-11-7-8-12-26(25)34(31)42-36(28,2)3)38-29-16-14-23(19-30(29)39-33)35(41)37-24(20-40)18-22-9-5-4-6-10-22/h4-12,14,16,19,21,24,27-28,40H,13,15,17-18,20H2,1-3H3,(H,37,41)/t21-,24+,27-,28-/m0/s1. The molecule has 6 nitrogen and oxygen atoms in total. The Labute approximate surface area is 246 Å². The lowest BCUT2D eigenvalue weighted by atomic mass is 9.64. The van der Waals surface area contributed by atoms with Gasteiger partial charge in [-0.25, -0.2) is 9.97 Å². The summed E-state index contributed by atoms with van der Waals surface area (Å²) in [5, 5.41) is 15.1. The Morgan fingerprint density at radius 2 is 1.71 bits per heavy atom. The van der Waals surface area contributed by atoms with Crippen LogP contribution in [-0.2, 0) is 6.42 Å². The van der Waals surface area contributed by atoms with E-state index in [-0.39, 0.29) is 24.2 Å². The van der Waals surface area contributed by atoms with E-state index in [0.717, 1.165) is 51.5 Å². The van der Waals surface area contributed by atoms with E-state index >= 15 is 0 Å². The van der Waals surface area contributed by atoms with Gasteiger partial charge in [0.2, 0.25) is 0 Å². The van der Waals surface area contributed by atoms with Crippen LogP contribution in [0.1, 0.15) is 67.4 Å². The molecule has 7 rings (SSSR count). The fraction of sp³-hybridized carbons (Fsp3) is 0.361. The molecule has 1 aliphatic heterocycles. The molecule has 2 aliphatic rings. The highest BCUT2D eigenvalue weighted by atomic mass is 16.5. The van der Waals surface area contributed by atoms with Crippen LogP contribution in [0.2, 0.25) is 0 Å². The number of aromatic nitrogens is 2. The summed E-state index contributed by atoms with van der Waals surface area (Å²) >= 11 is 0. The number of hydrogen-bond donors (Lipinski definition) is 2. The van der Waals surface area contributed by atoms with E-state index in [9.17, 15) is 9.90 Å². The molecule has 1 saturated carbocycles. The quantitative estimate of drug-likeness (QED) is 0.180. The van der Waals surface area contributed by atoms with E-state index in [0.29, 0.717) is 35.3 Å². The highest BCUT2D eigenvalue weighted by Crippen LogP contribution is 2.56. The van der Waals surface area contributed by atoms with Gasteiger partial charge in [-0.05, 0) is 68.7 Å². The predicted molar refractivity (Wildman–Crippen MR) is 167 cm³/mol. The first kappa shape index (κ1) is 26.8. The van der Waals surface area contributed by atoms with Crippen molar-refractivity contribution in [2.24, 2.45) is 11.8 Å². The second kappa shape index (κ2) is 10.4. The fourth-order valence-electron chi connectivity index (χ4n) is 7.36. The molecule has 42 heavy (non-hydrogen) atoms. The number of nitrogens with zero attached hydrogens (tertiary/aromatic N) is 2. The zero-order chi connectivity index (χ0) is 29.0. The monoisotopic (exact) mass is 559 g/mol. The summed E-state index contributed by atoms with van der Waals surface area (Å²) in [6.07, 6.45) is 4.00. The van der Waals surface area contributed by atoms with Gasteiger partial charge in [0, 0.05) is 27.8 Å². The van der Waals surface area contributed by atoms with Crippen molar-refractivity contribution in [3.05, 3.63) is 89.5 Å². The lowest BCUT2D eigenvalue weighted by molar-refractivity contribution is -0.0115. The minimum Gasteiger partial charge on any atom is -0.487 e. The minimum atomic E-state index is -0.387. The second-order valence-electron chi connectivity index (χ2n) is 12.8. The van der Waals surface area contributed by atoms with E-state index in [1.54, 1.807) is 6.07 Å². The first-order chi connectivity index (χ1) is 20.3. The summed E-state index contributed by atoms with van der Waals surface area (Å²) in [6, 6.07) is 23.3. The predicted octanol–water partition coefficient (Wildman–Crippen LogP) is 6.96. The smallest absolute Gasteiger partial charge is 0.251 e. The first-order valence-corrected chi connectivity index (χ1v) is 15.1. The number of hydrogen-bond acceptors (Lipinski definition) is 5. The number of aliphatic hydroxyl groups excluding tert-OH is 1. The molecule has 1 fully saturated rings. The van der Waals surface area contributed by atoms with E-state index < -0.39 is 0 Å². The van der Waals surface area contributed by atoms with Crippen LogP contribution in [0.4, 0.5) is 0 Å². The molecule has 4 atom stereocenters. The summed E-state index contributed by atoms with van der Waals surface area (Å²) in [4.78, 5) is 23.7. The zero-order valence-electron chi connectivity index (χ0n) is 24.4. The summed E-state index contributed by atoms with van der Waals surface area (Å²) in [7, 11) is 0. The SMILES string of the molecule is C[C@H]1CC[C@H]2[C@H](C1)c1c(c3ccccc3c3nc4ccc(C(=O)N[C@@H](CO)Cc5ccccc5)cc4nc13)OC2(C)C. The molecule has 214 valence electrons. The maximum absolute atomic E-state index is 13.3. The maximum atomic E-state index is 13.3. The van der Waals surface area contributed by atoms with E-state index in [1.165, 1.54) is 12.0 Å². The first-order valence-electron chi connectivity index (χ1n) is 15.1. The number of benzene rings is 4. The van der Waals surface area contributed by atoms with Crippen molar-refractivity contribution in [3.8, 4) is 5.75 Å². The third kappa shape index (κ3) is 4.58. The molecule has 0 spiro atoms. The van der Waals surface area contributed by atoms with E-state index in [1.807, 2.05) is 48.5 Å². The van der Waals surface area contributed by atoms with Gasteiger partial charge in [0.25, 0.3) is 5.91 Å². The fourth-order valence-corrected chi connectivity index (χ4v) is 7.36. The van der Waals surface area contributed by atoms with Gasteiger partial charge < -0.3 is 15.2 Å². The Morgan fingerprint density at radius 1 is 0.976 bits per heavy atom. The van der Waals surface area contributed by atoms with E-state index in [4.69, 9.17) is 14.7 Å².